The van der Waals surface area contributed by atoms with Crippen molar-refractivity contribution in [1.29, 1.82) is 0 Å². The predicted octanol–water partition coefficient (Wildman–Crippen LogP) is 0.289. The number of hydrogen-bond donors (Lipinski definition) is 1. The molecule has 0 bridgehead atoms. The summed E-state index contributed by atoms with van der Waals surface area (Å²) >= 11 is 0. The van der Waals surface area contributed by atoms with E-state index in [0.717, 1.165) is 12.1 Å². The first-order valence-electron chi connectivity index (χ1n) is 2.85. The molecule has 64 valence electrons. The summed E-state index contributed by atoms with van der Waals surface area (Å²) in [4.78, 5) is 8.31. The summed E-state index contributed by atoms with van der Waals surface area (Å²) in [5.74, 6) is -0.215. The molecule has 0 aliphatic heterocycles. The van der Waals surface area contributed by atoms with Crippen molar-refractivity contribution in [3.8, 4) is 5.75 Å². The molecule has 0 fully saturated rings. The third-order valence-electron chi connectivity index (χ3n) is 1.02. The molecule has 3 nitrogen and oxygen atoms in total. The van der Waals surface area contributed by atoms with Gasteiger partial charge in [-0.1, -0.05) is 0 Å². The van der Waals surface area contributed by atoms with E-state index in [1.165, 1.54) is 12.1 Å². The summed E-state index contributed by atoms with van der Waals surface area (Å²) in [6.45, 7) is 0. The van der Waals surface area contributed by atoms with Crippen LogP contribution in [-0.2, 0) is 4.57 Å². The number of benzene rings is 1. The van der Waals surface area contributed by atoms with Crippen molar-refractivity contribution in [3.05, 3.63) is 30.1 Å². The van der Waals surface area contributed by atoms with Gasteiger partial charge in [-0.3, -0.25) is 0 Å². The van der Waals surface area contributed by atoms with Crippen molar-refractivity contribution >= 4 is 67.4 Å². The summed E-state index contributed by atoms with van der Waals surface area (Å²) < 4.78 is 26.8. The molecule has 13 heavy (non-hydrogen) atoms. The quantitative estimate of drug-likeness (QED) is 0.580. The predicted molar refractivity (Wildman–Crippen MR) is 52.5 cm³/mol. The van der Waals surface area contributed by atoms with Crippen LogP contribution in [0.2, 0.25) is 0 Å². The van der Waals surface area contributed by atoms with Crippen LogP contribution in [0.4, 0.5) is 4.39 Å². The Bertz CT molecular complexity index is 267. The minimum atomic E-state index is -2.97. The Morgan fingerprint density at radius 3 is 2.08 bits per heavy atom. The van der Waals surface area contributed by atoms with E-state index in [9.17, 15) is 8.96 Å². The molecule has 0 amide bonds. The molecular formula is C6H8FNa2O3P. The van der Waals surface area contributed by atoms with E-state index in [1.807, 2.05) is 0 Å². The van der Waals surface area contributed by atoms with Gasteiger partial charge < -0.3 is 9.42 Å². The zero-order chi connectivity index (χ0) is 8.27. The van der Waals surface area contributed by atoms with Crippen LogP contribution < -0.4 is 4.52 Å². The van der Waals surface area contributed by atoms with E-state index >= 15 is 0 Å². The molecule has 0 saturated carbocycles. The van der Waals surface area contributed by atoms with E-state index < -0.39 is 14.1 Å². The standard InChI is InChI=1S/C6H6FO3P.2Na.2H/c7-5-1-3-6(4-2-5)10-11(8)9;;;;/h1-4,11H,(H,8,9);;;;. The van der Waals surface area contributed by atoms with Gasteiger partial charge in [0.15, 0.2) is 0 Å². The fraction of sp³-hybridized carbons (Fsp3) is 0. The molecule has 1 unspecified atom stereocenters. The van der Waals surface area contributed by atoms with Crippen molar-refractivity contribution < 1.29 is 18.4 Å². The van der Waals surface area contributed by atoms with Crippen molar-refractivity contribution in [1.82, 2.24) is 0 Å². The molecule has 1 aromatic carbocycles. The summed E-state index contributed by atoms with van der Waals surface area (Å²) in [5, 5.41) is 0. The molecule has 1 rings (SSSR count). The first-order chi connectivity index (χ1) is 5.18. The van der Waals surface area contributed by atoms with Gasteiger partial charge in [0.2, 0.25) is 0 Å². The summed E-state index contributed by atoms with van der Waals surface area (Å²) in [6.07, 6.45) is 0. The van der Waals surface area contributed by atoms with Gasteiger partial charge >= 0.3 is 67.4 Å². The van der Waals surface area contributed by atoms with Crippen LogP contribution in [0.25, 0.3) is 0 Å². The van der Waals surface area contributed by atoms with Gasteiger partial charge in [-0.15, -0.1) is 0 Å². The van der Waals surface area contributed by atoms with Gasteiger partial charge in [0.1, 0.15) is 11.6 Å². The summed E-state index contributed by atoms with van der Waals surface area (Å²) in [7, 11) is -2.97. The van der Waals surface area contributed by atoms with E-state index in [0.29, 0.717) is 0 Å². The van der Waals surface area contributed by atoms with Crippen LogP contribution in [0, 0.1) is 5.82 Å². The second-order valence-electron chi connectivity index (χ2n) is 1.82. The maximum atomic E-state index is 12.2. The summed E-state index contributed by atoms with van der Waals surface area (Å²) in [5.41, 5.74) is 0. The Morgan fingerprint density at radius 1 is 1.23 bits per heavy atom. The zero-order valence-electron chi connectivity index (χ0n) is 5.45. The van der Waals surface area contributed by atoms with Crippen LogP contribution in [0.3, 0.4) is 0 Å². The minimum absolute atomic E-state index is 0. The van der Waals surface area contributed by atoms with E-state index in [4.69, 9.17) is 4.89 Å². The van der Waals surface area contributed by atoms with Crippen molar-refractivity contribution in [2.75, 3.05) is 0 Å². The zero-order valence-corrected chi connectivity index (χ0v) is 6.45. The Hall–Kier alpha value is 1.14. The Labute approximate surface area is 120 Å². The molecule has 0 saturated heterocycles. The van der Waals surface area contributed by atoms with Crippen LogP contribution in [0.1, 0.15) is 0 Å². The molecule has 1 N–H and O–H groups in total. The number of halogens is 1. The Morgan fingerprint density at radius 2 is 1.69 bits per heavy atom. The van der Waals surface area contributed by atoms with Gasteiger partial charge in [0.05, 0.1) is 0 Å². The normalized spacial score (nSPS) is 10.6. The SMILES string of the molecule is O=[PH](O)Oc1ccc(F)cc1.[NaH].[NaH]. The van der Waals surface area contributed by atoms with E-state index in [-0.39, 0.29) is 64.9 Å². The molecule has 0 spiro atoms. The molecule has 7 heteroatoms. The molecular weight excluding hydrogens is 216 g/mol. The van der Waals surface area contributed by atoms with Gasteiger partial charge in [-0.25, -0.2) is 8.96 Å². The van der Waals surface area contributed by atoms with E-state index in [2.05, 4.69) is 4.52 Å². The fourth-order valence-corrected chi connectivity index (χ4v) is 0.941. The van der Waals surface area contributed by atoms with E-state index in [1.54, 1.807) is 0 Å². The van der Waals surface area contributed by atoms with Crippen LogP contribution in [0.15, 0.2) is 24.3 Å². The third-order valence-corrected chi connectivity index (χ3v) is 1.43. The van der Waals surface area contributed by atoms with Gasteiger partial charge in [0.25, 0.3) is 0 Å². The molecule has 0 aliphatic carbocycles. The molecule has 0 heterocycles. The van der Waals surface area contributed by atoms with Crippen molar-refractivity contribution in [2.24, 2.45) is 0 Å². The summed E-state index contributed by atoms with van der Waals surface area (Å²) in [6, 6.07) is 4.88. The number of rotatable bonds is 2. The monoisotopic (exact) mass is 224 g/mol. The van der Waals surface area contributed by atoms with Crippen LogP contribution in [-0.4, -0.2) is 64.0 Å². The fourth-order valence-electron chi connectivity index (χ4n) is 0.603. The second kappa shape index (κ2) is 8.45. The Kier molecular flexibility index (Phi) is 10.8. The Balaban J connectivity index is 0. The van der Waals surface area contributed by atoms with Gasteiger partial charge in [-0.2, -0.15) is 0 Å². The maximum absolute atomic E-state index is 12.2. The molecule has 0 aromatic heterocycles. The molecule has 0 aliphatic rings. The second-order valence-corrected chi connectivity index (χ2v) is 2.56. The molecule has 1 atom stereocenters. The number of hydrogen-bond acceptors (Lipinski definition) is 2. The topological polar surface area (TPSA) is 46.5 Å². The first-order valence-corrected chi connectivity index (χ1v) is 4.11. The average molecular weight is 224 g/mol. The molecule has 1 aromatic rings. The first kappa shape index (κ1) is 16.6. The average Bonchev–Trinajstić information content (AvgIpc) is 1.93. The van der Waals surface area contributed by atoms with Crippen LogP contribution in [0.5, 0.6) is 5.75 Å². The van der Waals surface area contributed by atoms with Crippen LogP contribution >= 0.6 is 8.25 Å². The van der Waals surface area contributed by atoms with Crippen molar-refractivity contribution in [2.45, 2.75) is 0 Å². The molecule has 0 radical (unpaired) electrons. The van der Waals surface area contributed by atoms with Gasteiger partial charge in [0, 0.05) is 0 Å². The third kappa shape index (κ3) is 7.11. The van der Waals surface area contributed by atoms with Gasteiger partial charge in [-0.05, 0) is 24.3 Å². The van der Waals surface area contributed by atoms with Crippen molar-refractivity contribution in [3.63, 3.8) is 0 Å².